The number of nitrogen functional groups attached to an aromatic ring is 1. The fraction of sp³-hybridized carbons (Fsp3) is 0.0588. The number of rotatable bonds is 5. The lowest BCUT2D eigenvalue weighted by Gasteiger charge is -2.09. The summed E-state index contributed by atoms with van der Waals surface area (Å²) < 4.78 is 20.1. The third kappa shape index (κ3) is 4.66. The lowest BCUT2D eigenvalue weighted by atomic mass is 10.1. The third-order valence-electron chi connectivity index (χ3n) is 3.25. The van der Waals surface area contributed by atoms with Crippen LogP contribution in [-0.4, -0.2) is 22.2 Å². The zero-order valence-corrected chi connectivity index (χ0v) is 15.2. The Morgan fingerprint density at radius 3 is 2.46 bits per heavy atom. The zero-order valence-electron chi connectivity index (χ0n) is 13.6. The molecule has 0 aliphatic carbocycles. The molecule has 0 saturated heterocycles. The van der Waals surface area contributed by atoms with E-state index in [9.17, 15) is 3.89 Å². The highest BCUT2D eigenvalue weighted by Crippen LogP contribution is 2.37. The SMILES string of the molecule is COc1ccc(-c2cnc(Sc3ccccc3)n2SF)c(N)c1.O=C=O. The second-order valence-corrected chi connectivity index (χ2v) is 6.28. The van der Waals surface area contributed by atoms with Crippen LogP contribution >= 0.6 is 24.1 Å². The van der Waals surface area contributed by atoms with Crippen LogP contribution in [0.25, 0.3) is 11.3 Å². The van der Waals surface area contributed by atoms with Gasteiger partial charge in [0.1, 0.15) is 5.75 Å². The van der Waals surface area contributed by atoms with Crippen molar-refractivity contribution in [2.24, 2.45) is 0 Å². The van der Waals surface area contributed by atoms with Gasteiger partial charge < -0.3 is 10.5 Å². The van der Waals surface area contributed by atoms with E-state index in [-0.39, 0.29) is 18.5 Å². The van der Waals surface area contributed by atoms with Gasteiger partial charge in [-0.1, -0.05) is 30.0 Å². The van der Waals surface area contributed by atoms with Crippen LogP contribution in [0.1, 0.15) is 0 Å². The molecule has 134 valence electrons. The number of aromatic nitrogens is 2. The van der Waals surface area contributed by atoms with E-state index in [1.54, 1.807) is 31.5 Å². The molecule has 1 heterocycles. The van der Waals surface area contributed by atoms with E-state index in [1.165, 1.54) is 15.7 Å². The van der Waals surface area contributed by atoms with Gasteiger partial charge in [0, 0.05) is 22.2 Å². The van der Waals surface area contributed by atoms with Gasteiger partial charge in [-0.15, -0.1) is 3.89 Å². The Balaban J connectivity index is 0.000000758. The van der Waals surface area contributed by atoms with Gasteiger partial charge >= 0.3 is 6.15 Å². The molecule has 3 rings (SSSR count). The quantitative estimate of drug-likeness (QED) is 0.656. The average molecular weight is 391 g/mol. The molecular formula is C17H14FN3O3S2. The summed E-state index contributed by atoms with van der Waals surface area (Å²) in [5.41, 5.74) is 7.88. The van der Waals surface area contributed by atoms with E-state index >= 15 is 0 Å². The lowest BCUT2D eigenvalue weighted by molar-refractivity contribution is -0.191. The molecule has 0 fully saturated rings. The molecule has 2 N–H and O–H groups in total. The number of benzene rings is 2. The van der Waals surface area contributed by atoms with Gasteiger partial charge in [0.25, 0.3) is 0 Å². The number of nitrogens with two attached hydrogens (primary N) is 1. The van der Waals surface area contributed by atoms with Crippen LogP contribution in [0.5, 0.6) is 5.75 Å². The normalized spacial score (nSPS) is 9.77. The van der Waals surface area contributed by atoms with Crippen molar-refractivity contribution in [3.8, 4) is 17.0 Å². The molecule has 0 bridgehead atoms. The van der Waals surface area contributed by atoms with Crippen LogP contribution in [0.3, 0.4) is 0 Å². The second kappa shape index (κ2) is 9.67. The Kier molecular flexibility index (Phi) is 7.28. The maximum absolute atomic E-state index is 13.5. The third-order valence-corrected chi connectivity index (χ3v) is 4.85. The number of hydrogen-bond donors (Lipinski definition) is 1. The minimum absolute atomic E-state index is 0.108. The summed E-state index contributed by atoms with van der Waals surface area (Å²) in [5.74, 6) is 0.657. The summed E-state index contributed by atoms with van der Waals surface area (Å²) in [6.45, 7) is 0. The summed E-state index contributed by atoms with van der Waals surface area (Å²) >= 11 is 1.50. The maximum atomic E-state index is 13.5. The van der Waals surface area contributed by atoms with Crippen LogP contribution in [0.4, 0.5) is 9.57 Å². The van der Waals surface area contributed by atoms with Gasteiger partial charge in [0.2, 0.25) is 0 Å². The Hall–Kier alpha value is -2.74. The van der Waals surface area contributed by atoms with Crippen molar-refractivity contribution < 1.29 is 18.2 Å². The second-order valence-electron chi connectivity index (χ2n) is 4.74. The van der Waals surface area contributed by atoms with Crippen molar-refractivity contribution in [1.82, 2.24) is 8.96 Å². The fourth-order valence-electron chi connectivity index (χ4n) is 2.13. The highest BCUT2D eigenvalue weighted by molar-refractivity contribution is 8.00. The van der Waals surface area contributed by atoms with Gasteiger partial charge in [-0.2, -0.15) is 9.59 Å². The maximum Gasteiger partial charge on any atom is 0.373 e. The number of nitrogens with zero attached hydrogens (tertiary/aromatic N) is 2. The zero-order chi connectivity index (χ0) is 18.9. The molecular weight excluding hydrogens is 377 g/mol. The molecule has 26 heavy (non-hydrogen) atoms. The molecule has 0 aliphatic rings. The lowest BCUT2D eigenvalue weighted by Crippen LogP contribution is -1.96. The summed E-state index contributed by atoms with van der Waals surface area (Å²) in [6.07, 6.45) is 1.87. The highest BCUT2D eigenvalue weighted by Gasteiger charge is 2.16. The molecule has 1 aromatic heterocycles. The number of methoxy groups -OCH3 is 1. The van der Waals surface area contributed by atoms with Gasteiger partial charge in [0.05, 0.1) is 19.0 Å². The van der Waals surface area contributed by atoms with Crippen molar-refractivity contribution in [2.75, 3.05) is 12.8 Å². The number of carbonyl (C=O) groups excluding carboxylic acids is 2. The number of halogens is 1. The minimum Gasteiger partial charge on any atom is -0.497 e. The minimum atomic E-state index is 0.108. The van der Waals surface area contributed by atoms with E-state index in [1.807, 2.05) is 30.3 Å². The highest BCUT2D eigenvalue weighted by atomic mass is 32.2. The van der Waals surface area contributed by atoms with Crippen molar-refractivity contribution in [3.05, 3.63) is 54.7 Å². The summed E-state index contributed by atoms with van der Waals surface area (Å²) in [4.78, 5) is 21.6. The van der Waals surface area contributed by atoms with Crippen LogP contribution in [-0.2, 0) is 9.59 Å². The molecule has 0 amide bonds. The number of hydrogen-bond acceptors (Lipinski definition) is 7. The number of imidazole rings is 1. The van der Waals surface area contributed by atoms with E-state index in [2.05, 4.69) is 4.98 Å². The number of anilines is 1. The largest absolute Gasteiger partial charge is 0.497 e. The molecule has 0 unspecified atom stereocenters. The molecule has 0 atom stereocenters. The smallest absolute Gasteiger partial charge is 0.373 e. The van der Waals surface area contributed by atoms with Crippen LogP contribution in [0, 0.1) is 0 Å². The Bertz CT molecular complexity index is 898. The molecule has 0 radical (unpaired) electrons. The van der Waals surface area contributed by atoms with E-state index in [0.29, 0.717) is 27.9 Å². The van der Waals surface area contributed by atoms with Crippen molar-refractivity contribution >= 4 is 35.9 Å². The van der Waals surface area contributed by atoms with Gasteiger partial charge in [-0.3, -0.25) is 0 Å². The van der Waals surface area contributed by atoms with Crippen molar-refractivity contribution in [2.45, 2.75) is 10.1 Å². The summed E-state index contributed by atoms with van der Waals surface area (Å²) in [7, 11) is 1.57. The molecule has 0 aliphatic heterocycles. The summed E-state index contributed by atoms with van der Waals surface area (Å²) in [5, 5.41) is 0.550. The Morgan fingerprint density at radius 2 is 1.88 bits per heavy atom. The van der Waals surface area contributed by atoms with Crippen LogP contribution < -0.4 is 10.5 Å². The summed E-state index contributed by atoms with van der Waals surface area (Å²) in [6, 6.07) is 15.0. The monoisotopic (exact) mass is 391 g/mol. The standard InChI is InChI=1S/C16H14FN3OS2.CO2/c1-21-11-7-8-13(14(18)9-11)15-10-19-16(20(15)23-17)22-12-5-3-2-4-6-12;2-1-3/h2-10H,18H2,1H3;. The van der Waals surface area contributed by atoms with Gasteiger partial charge in [0.15, 0.2) is 17.5 Å². The first-order valence-electron chi connectivity index (χ1n) is 7.17. The van der Waals surface area contributed by atoms with E-state index in [4.69, 9.17) is 20.1 Å². The Morgan fingerprint density at radius 1 is 1.19 bits per heavy atom. The molecule has 0 spiro atoms. The first-order chi connectivity index (χ1) is 12.6. The topological polar surface area (TPSA) is 87.2 Å². The first-order valence-corrected chi connectivity index (χ1v) is 8.66. The number of ether oxygens (including phenoxy) is 1. The Labute approximate surface area is 158 Å². The predicted molar refractivity (Wildman–Crippen MR) is 98.3 cm³/mol. The van der Waals surface area contributed by atoms with Gasteiger partial charge in [-0.25, -0.2) is 8.96 Å². The fourth-order valence-corrected chi connectivity index (χ4v) is 3.45. The first kappa shape index (κ1) is 19.6. The average Bonchev–Trinajstić information content (AvgIpc) is 3.05. The van der Waals surface area contributed by atoms with Crippen molar-refractivity contribution in [1.29, 1.82) is 0 Å². The van der Waals surface area contributed by atoms with Crippen LogP contribution in [0.2, 0.25) is 0 Å². The van der Waals surface area contributed by atoms with Crippen LogP contribution in [0.15, 0.2) is 64.8 Å². The van der Waals surface area contributed by atoms with E-state index < -0.39 is 0 Å². The van der Waals surface area contributed by atoms with Crippen molar-refractivity contribution in [3.63, 3.8) is 0 Å². The predicted octanol–water partition coefficient (Wildman–Crippen LogP) is 4.09. The van der Waals surface area contributed by atoms with Gasteiger partial charge in [-0.05, 0) is 24.3 Å². The molecule has 6 nitrogen and oxygen atoms in total. The molecule has 9 heteroatoms. The molecule has 0 saturated carbocycles. The molecule has 3 aromatic rings. The molecule has 2 aromatic carbocycles. The van der Waals surface area contributed by atoms with E-state index in [0.717, 1.165) is 4.90 Å².